The van der Waals surface area contributed by atoms with Crippen molar-refractivity contribution in [2.75, 3.05) is 20.3 Å². The Balaban J connectivity index is 1.69. The first-order chi connectivity index (χ1) is 11.6. The lowest BCUT2D eigenvalue weighted by Crippen LogP contribution is -2.30. The molecule has 0 atom stereocenters. The molecule has 0 saturated carbocycles. The minimum absolute atomic E-state index is 0.102. The molecule has 0 aliphatic heterocycles. The van der Waals surface area contributed by atoms with Gasteiger partial charge in [-0.15, -0.1) is 22.7 Å². The summed E-state index contributed by atoms with van der Waals surface area (Å²) in [6.45, 7) is 2.10. The molecule has 0 aliphatic carbocycles. The van der Waals surface area contributed by atoms with Gasteiger partial charge in [-0.1, -0.05) is 0 Å². The fraction of sp³-hybridized carbons (Fsp3) is 0.312. The third-order valence-electron chi connectivity index (χ3n) is 3.41. The molecule has 1 aromatic carbocycles. The van der Waals surface area contributed by atoms with E-state index < -0.39 is 0 Å². The van der Waals surface area contributed by atoms with Gasteiger partial charge in [0, 0.05) is 18.0 Å². The van der Waals surface area contributed by atoms with E-state index in [2.05, 4.69) is 15.0 Å². The molecular formula is C16H16N2O4S2. The number of aryl methyl sites for hydroxylation is 1. The maximum Gasteiger partial charge on any atom is 0.307 e. The van der Waals surface area contributed by atoms with Crippen molar-refractivity contribution in [2.45, 2.75) is 13.3 Å². The molecule has 24 heavy (non-hydrogen) atoms. The Morgan fingerprint density at radius 3 is 3.00 bits per heavy atom. The minimum Gasteiger partial charge on any atom is -0.483 e. The van der Waals surface area contributed by atoms with Crippen LogP contribution in [0.25, 0.3) is 20.3 Å². The minimum atomic E-state index is -0.359. The smallest absolute Gasteiger partial charge is 0.307 e. The second-order valence-electron chi connectivity index (χ2n) is 5.08. The fourth-order valence-corrected chi connectivity index (χ4v) is 4.14. The summed E-state index contributed by atoms with van der Waals surface area (Å²) in [5, 5.41) is 6.57. The number of rotatable bonds is 6. The summed E-state index contributed by atoms with van der Waals surface area (Å²) in [4.78, 5) is 27.4. The van der Waals surface area contributed by atoms with E-state index in [-0.39, 0.29) is 31.4 Å². The van der Waals surface area contributed by atoms with Crippen LogP contribution in [0.2, 0.25) is 0 Å². The Morgan fingerprint density at radius 1 is 1.38 bits per heavy atom. The van der Waals surface area contributed by atoms with Gasteiger partial charge in [-0.3, -0.25) is 9.59 Å². The number of ether oxygens (including phenoxy) is 2. The number of thiophene rings is 1. The topological polar surface area (TPSA) is 77.5 Å². The molecule has 3 rings (SSSR count). The number of aromatic nitrogens is 1. The van der Waals surface area contributed by atoms with E-state index in [0.29, 0.717) is 5.75 Å². The van der Waals surface area contributed by atoms with Gasteiger partial charge in [-0.05, 0) is 18.4 Å². The van der Waals surface area contributed by atoms with Gasteiger partial charge in [0.25, 0.3) is 5.91 Å². The van der Waals surface area contributed by atoms with Crippen molar-refractivity contribution in [1.82, 2.24) is 10.3 Å². The lowest BCUT2D eigenvalue weighted by Gasteiger charge is -2.08. The molecule has 2 aromatic heterocycles. The predicted molar refractivity (Wildman–Crippen MR) is 94.9 cm³/mol. The molecule has 8 heteroatoms. The van der Waals surface area contributed by atoms with Gasteiger partial charge in [-0.25, -0.2) is 4.98 Å². The van der Waals surface area contributed by atoms with Gasteiger partial charge in [0.15, 0.2) is 6.61 Å². The van der Waals surface area contributed by atoms with Crippen LogP contribution in [-0.2, 0) is 14.3 Å². The second kappa shape index (κ2) is 7.14. The average Bonchev–Trinajstić information content (AvgIpc) is 3.17. The van der Waals surface area contributed by atoms with Crippen LogP contribution in [0.1, 0.15) is 11.4 Å². The Labute approximate surface area is 146 Å². The fourth-order valence-electron chi connectivity index (χ4n) is 2.31. The summed E-state index contributed by atoms with van der Waals surface area (Å²) in [5.74, 6) is 0.0376. The summed E-state index contributed by atoms with van der Waals surface area (Å²) in [6.07, 6.45) is 0.142. The Bertz CT molecular complexity index is 900. The Hall–Kier alpha value is -2.19. The SMILES string of the molecule is COC(=O)CCNC(=O)COc1cc2sc(C)nc2c2sccc12. The zero-order valence-corrected chi connectivity index (χ0v) is 14.9. The van der Waals surface area contributed by atoms with Crippen molar-refractivity contribution in [1.29, 1.82) is 0 Å². The van der Waals surface area contributed by atoms with Crippen LogP contribution in [0.15, 0.2) is 17.5 Å². The molecule has 1 N–H and O–H groups in total. The summed E-state index contributed by atoms with van der Waals surface area (Å²) >= 11 is 3.21. The maximum atomic E-state index is 11.8. The van der Waals surface area contributed by atoms with Crippen molar-refractivity contribution in [3.8, 4) is 5.75 Å². The molecule has 0 fully saturated rings. The summed E-state index contributed by atoms with van der Waals surface area (Å²) < 4.78 is 12.3. The number of nitrogens with one attached hydrogen (secondary N) is 1. The van der Waals surface area contributed by atoms with E-state index in [1.165, 1.54) is 7.11 Å². The molecule has 126 valence electrons. The monoisotopic (exact) mass is 364 g/mol. The number of carbonyl (C=O) groups is 2. The van der Waals surface area contributed by atoms with E-state index >= 15 is 0 Å². The number of benzene rings is 1. The van der Waals surface area contributed by atoms with Crippen LogP contribution in [0.4, 0.5) is 0 Å². The highest BCUT2D eigenvalue weighted by Crippen LogP contribution is 2.38. The summed E-state index contributed by atoms with van der Waals surface area (Å²) in [6, 6.07) is 3.90. The standard InChI is InChI=1S/C16H16N2O4S2/c1-9-18-15-12(24-9)7-11(10-4-6-23-16(10)15)22-8-13(19)17-5-3-14(20)21-2/h4,6-7H,3,5,8H2,1-2H3,(H,17,19). The van der Waals surface area contributed by atoms with Gasteiger partial charge in [0.1, 0.15) is 5.75 Å². The van der Waals surface area contributed by atoms with Crippen molar-refractivity contribution in [3.05, 3.63) is 22.5 Å². The molecule has 0 unspecified atom stereocenters. The molecule has 2 heterocycles. The Kier molecular flexibility index (Phi) is 4.96. The van der Waals surface area contributed by atoms with Gasteiger partial charge in [0.2, 0.25) is 0 Å². The number of nitrogens with zero attached hydrogens (tertiary/aromatic N) is 1. The summed E-state index contributed by atoms with van der Waals surface area (Å²) in [7, 11) is 1.32. The number of carbonyl (C=O) groups excluding carboxylic acids is 2. The number of esters is 1. The first-order valence-electron chi connectivity index (χ1n) is 7.32. The van der Waals surface area contributed by atoms with E-state index in [1.54, 1.807) is 22.7 Å². The van der Waals surface area contributed by atoms with Crippen molar-refractivity contribution in [3.63, 3.8) is 0 Å². The van der Waals surface area contributed by atoms with Crippen molar-refractivity contribution >= 4 is 54.9 Å². The predicted octanol–water partition coefficient (Wildman–Crippen LogP) is 2.88. The summed E-state index contributed by atoms with van der Waals surface area (Å²) in [5.41, 5.74) is 0.984. The molecule has 1 amide bonds. The molecule has 3 aromatic rings. The average molecular weight is 364 g/mol. The van der Waals surface area contributed by atoms with Crippen molar-refractivity contribution < 1.29 is 19.1 Å². The van der Waals surface area contributed by atoms with Gasteiger partial charge in [-0.2, -0.15) is 0 Å². The van der Waals surface area contributed by atoms with Crippen LogP contribution in [0, 0.1) is 6.92 Å². The quantitative estimate of drug-likeness (QED) is 0.681. The number of amides is 1. The molecule has 0 aliphatic rings. The van der Waals surface area contributed by atoms with Crippen LogP contribution in [0.5, 0.6) is 5.75 Å². The highest BCUT2D eigenvalue weighted by atomic mass is 32.1. The molecule has 6 nitrogen and oxygen atoms in total. The number of methoxy groups -OCH3 is 1. The van der Waals surface area contributed by atoms with Crippen LogP contribution < -0.4 is 10.1 Å². The van der Waals surface area contributed by atoms with Crippen LogP contribution in [0.3, 0.4) is 0 Å². The number of hydrogen-bond donors (Lipinski definition) is 1. The molecule has 0 bridgehead atoms. The van der Waals surface area contributed by atoms with Gasteiger partial charge >= 0.3 is 5.97 Å². The lowest BCUT2D eigenvalue weighted by molar-refractivity contribution is -0.140. The number of thiazole rings is 1. The van der Waals surface area contributed by atoms with Crippen LogP contribution in [-0.4, -0.2) is 37.1 Å². The molecule has 0 radical (unpaired) electrons. The first-order valence-corrected chi connectivity index (χ1v) is 9.01. The van der Waals surface area contributed by atoms with E-state index in [1.807, 2.05) is 24.4 Å². The first kappa shape index (κ1) is 16.7. The van der Waals surface area contributed by atoms with E-state index in [0.717, 1.165) is 25.3 Å². The molecule has 0 spiro atoms. The van der Waals surface area contributed by atoms with E-state index in [4.69, 9.17) is 4.74 Å². The number of hydrogen-bond acceptors (Lipinski definition) is 7. The highest BCUT2D eigenvalue weighted by molar-refractivity contribution is 7.21. The lowest BCUT2D eigenvalue weighted by atomic mass is 10.2. The van der Waals surface area contributed by atoms with Crippen LogP contribution >= 0.6 is 22.7 Å². The molecular weight excluding hydrogens is 348 g/mol. The largest absolute Gasteiger partial charge is 0.483 e. The van der Waals surface area contributed by atoms with E-state index in [9.17, 15) is 9.59 Å². The van der Waals surface area contributed by atoms with Gasteiger partial charge < -0.3 is 14.8 Å². The number of fused-ring (bicyclic) bond motifs is 3. The molecule has 0 saturated heterocycles. The van der Waals surface area contributed by atoms with Crippen molar-refractivity contribution in [2.24, 2.45) is 0 Å². The maximum absolute atomic E-state index is 11.8. The third kappa shape index (κ3) is 3.49. The Morgan fingerprint density at radius 2 is 2.21 bits per heavy atom. The second-order valence-corrected chi connectivity index (χ2v) is 7.23. The zero-order valence-electron chi connectivity index (χ0n) is 13.3. The normalized spacial score (nSPS) is 10.9. The zero-order chi connectivity index (χ0) is 17.1. The van der Waals surface area contributed by atoms with Gasteiger partial charge in [0.05, 0.1) is 33.5 Å². The highest BCUT2D eigenvalue weighted by Gasteiger charge is 2.13. The third-order valence-corrected chi connectivity index (χ3v) is 5.24.